The third-order valence-electron chi connectivity index (χ3n) is 4.46. The van der Waals surface area contributed by atoms with Gasteiger partial charge in [-0.3, -0.25) is 4.79 Å². The second kappa shape index (κ2) is 8.73. The minimum absolute atomic E-state index is 0.0673. The van der Waals surface area contributed by atoms with Gasteiger partial charge in [-0.05, 0) is 37.9 Å². The summed E-state index contributed by atoms with van der Waals surface area (Å²) >= 11 is 0. The molecule has 0 aliphatic heterocycles. The average Bonchev–Trinajstić information content (AvgIpc) is 3.01. The van der Waals surface area contributed by atoms with E-state index in [1.165, 1.54) is 19.3 Å². The molecule has 1 amide bonds. The summed E-state index contributed by atoms with van der Waals surface area (Å²) in [5.41, 5.74) is 7.58. The van der Waals surface area contributed by atoms with E-state index in [4.69, 9.17) is 5.73 Å². The number of H-pyrrole nitrogens is 1. The molecule has 4 nitrogen and oxygen atoms in total. The van der Waals surface area contributed by atoms with Gasteiger partial charge < -0.3 is 15.6 Å². The summed E-state index contributed by atoms with van der Waals surface area (Å²) in [4.78, 5) is 17.9. The molecule has 23 heavy (non-hydrogen) atoms. The van der Waals surface area contributed by atoms with Crippen molar-refractivity contribution in [3.8, 4) is 0 Å². The van der Waals surface area contributed by atoms with Crippen LogP contribution in [0.1, 0.15) is 50.0 Å². The molecule has 0 aliphatic rings. The SMILES string of the molecule is CCCCCC(CN)CN(CC)C(=O)c1cc2ccccc2[nH]1. The fraction of sp³-hybridized carbons (Fsp3) is 0.526. The van der Waals surface area contributed by atoms with Gasteiger partial charge in [0, 0.05) is 24.0 Å². The van der Waals surface area contributed by atoms with E-state index >= 15 is 0 Å². The number of rotatable bonds is 9. The zero-order valence-electron chi connectivity index (χ0n) is 14.3. The molecule has 126 valence electrons. The van der Waals surface area contributed by atoms with E-state index in [2.05, 4.69) is 11.9 Å². The van der Waals surface area contributed by atoms with Gasteiger partial charge in [-0.2, -0.15) is 0 Å². The average molecular weight is 315 g/mol. The van der Waals surface area contributed by atoms with Crippen LogP contribution in [0.15, 0.2) is 30.3 Å². The van der Waals surface area contributed by atoms with Crippen LogP contribution in [-0.4, -0.2) is 35.4 Å². The number of benzene rings is 1. The Balaban J connectivity index is 2.04. The lowest BCUT2D eigenvalue weighted by Gasteiger charge is -2.25. The molecule has 3 N–H and O–H groups in total. The summed E-state index contributed by atoms with van der Waals surface area (Å²) < 4.78 is 0. The Labute approximate surface area is 139 Å². The molecular weight excluding hydrogens is 286 g/mol. The highest BCUT2D eigenvalue weighted by molar-refractivity contribution is 5.98. The zero-order valence-corrected chi connectivity index (χ0v) is 14.3. The van der Waals surface area contributed by atoms with Gasteiger partial charge in [0.25, 0.3) is 5.91 Å². The highest BCUT2D eigenvalue weighted by Gasteiger charge is 2.19. The van der Waals surface area contributed by atoms with Gasteiger partial charge in [0.05, 0.1) is 0 Å². The van der Waals surface area contributed by atoms with E-state index in [0.29, 0.717) is 24.7 Å². The molecule has 1 heterocycles. The predicted octanol–water partition coefficient (Wildman–Crippen LogP) is 3.79. The van der Waals surface area contributed by atoms with Crippen molar-refractivity contribution in [2.24, 2.45) is 11.7 Å². The van der Waals surface area contributed by atoms with Crippen LogP contribution in [0.25, 0.3) is 10.9 Å². The Morgan fingerprint density at radius 1 is 1.26 bits per heavy atom. The number of aromatic nitrogens is 1. The van der Waals surface area contributed by atoms with Crippen molar-refractivity contribution >= 4 is 16.8 Å². The van der Waals surface area contributed by atoms with Crippen molar-refractivity contribution in [1.82, 2.24) is 9.88 Å². The number of hydrogen-bond acceptors (Lipinski definition) is 2. The molecule has 0 spiro atoms. The monoisotopic (exact) mass is 315 g/mol. The largest absolute Gasteiger partial charge is 0.351 e. The molecule has 0 fully saturated rings. The number of unbranched alkanes of at least 4 members (excludes halogenated alkanes) is 2. The molecule has 4 heteroatoms. The van der Waals surface area contributed by atoms with Crippen LogP contribution in [0, 0.1) is 5.92 Å². The Morgan fingerprint density at radius 2 is 2.04 bits per heavy atom. The van der Waals surface area contributed by atoms with Crippen molar-refractivity contribution in [2.75, 3.05) is 19.6 Å². The second-order valence-electron chi connectivity index (χ2n) is 6.21. The molecule has 1 unspecified atom stereocenters. The van der Waals surface area contributed by atoms with Gasteiger partial charge >= 0.3 is 0 Å². The number of carbonyl (C=O) groups excluding carboxylic acids is 1. The molecule has 1 atom stereocenters. The van der Waals surface area contributed by atoms with Crippen molar-refractivity contribution in [2.45, 2.75) is 39.5 Å². The second-order valence-corrected chi connectivity index (χ2v) is 6.21. The highest BCUT2D eigenvalue weighted by Crippen LogP contribution is 2.17. The van der Waals surface area contributed by atoms with E-state index in [-0.39, 0.29) is 5.91 Å². The summed E-state index contributed by atoms with van der Waals surface area (Å²) in [6.45, 7) is 6.32. The molecule has 0 saturated carbocycles. The van der Waals surface area contributed by atoms with Crippen LogP contribution in [-0.2, 0) is 0 Å². The number of hydrogen-bond donors (Lipinski definition) is 2. The number of aromatic amines is 1. The molecule has 1 aromatic heterocycles. The molecule has 0 radical (unpaired) electrons. The van der Waals surface area contributed by atoms with E-state index in [1.807, 2.05) is 42.2 Å². The molecule has 0 aliphatic carbocycles. The maximum absolute atomic E-state index is 12.8. The Kier molecular flexibility index (Phi) is 6.66. The van der Waals surface area contributed by atoms with Crippen molar-refractivity contribution < 1.29 is 4.79 Å². The summed E-state index contributed by atoms with van der Waals surface area (Å²) in [5.74, 6) is 0.451. The molecule has 0 saturated heterocycles. The first-order valence-electron chi connectivity index (χ1n) is 8.76. The normalized spacial score (nSPS) is 12.5. The summed E-state index contributed by atoms with van der Waals surface area (Å²) in [7, 11) is 0. The highest BCUT2D eigenvalue weighted by atomic mass is 16.2. The van der Waals surface area contributed by atoms with Crippen molar-refractivity contribution in [3.63, 3.8) is 0 Å². The number of para-hydroxylation sites is 1. The van der Waals surface area contributed by atoms with Crippen LogP contribution < -0.4 is 5.73 Å². The lowest BCUT2D eigenvalue weighted by atomic mass is 10.0. The number of amides is 1. The predicted molar refractivity (Wildman–Crippen MR) is 96.6 cm³/mol. The molecule has 2 aromatic rings. The van der Waals surface area contributed by atoms with E-state index in [9.17, 15) is 4.79 Å². The van der Waals surface area contributed by atoms with Gasteiger partial charge in [0.2, 0.25) is 0 Å². The first kappa shape index (κ1) is 17.5. The van der Waals surface area contributed by atoms with Crippen LogP contribution in [0.5, 0.6) is 0 Å². The Morgan fingerprint density at radius 3 is 2.70 bits per heavy atom. The van der Waals surface area contributed by atoms with Crippen LogP contribution >= 0.6 is 0 Å². The Hall–Kier alpha value is -1.81. The van der Waals surface area contributed by atoms with Crippen LogP contribution in [0.3, 0.4) is 0 Å². The van der Waals surface area contributed by atoms with Crippen LogP contribution in [0.4, 0.5) is 0 Å². The summed E-state index contributed by atoms with van der Waals surface area (Å²) in [6.07, 6.45) is 4.73. The minimum Gasteiger partial charge on any atom is -0.351 e. The zero-order chi connectivity index (χ0) is 16.7. The summed E-state index contributed by atoms with van der Waals surface area (Å²) in [5, 5.41) is 1.07. The quantitative estimate of drug-likeness (QED) is 0.692. The van der Waals surface area contributed by atoms with Gasteiger partial charge in [-0.25, -0.2) is 0 Å². The number of fused-ring (bicyclic) bond motifs is 1. The lowest BCUT2D eigenvalue weighted by Crippen LogP contribution is -2.37. The molecule has 2 rings (SSSR count). The van der Waals surface area contributed by atoms with Gasteiger partial charge in [-0.1, -0.05) is 44.4 Å². The first-order valence-corrected chi connectivity index (χ1v) is 8.76. The number of nitrogens with two attached hydrogens (primary N) is 1. The maximum Gasteiger partial charge on any atom is 0.270 e. The molecule has 1 aromatic carbocycles. The third-order valence-corrected chi connectivity index (χ3v) is 4.46. The number of nitrogens with one attached hydrogen (secondary N) is 1. The van der Waals surface area contributed by atoms with Crippen molar-refractivity contribution in [3.05, 3.63) is 36.0 Å². The van der Waals surface area contributed by atoms with E-state index in [0.717, 1.165) is 23.9 Å². The maximum atomic E-state index is 12.8. The number of carbonyl (C=O) groups is 1. The fourth-order valence-electron chi connectivity index (χ4n) is 2.99. The smallest absolute Gasteiger partial charge is 0.270 e. The van der Waals surface area contributed by atoms with Gasteiger partial charge in [-0.15, -0.1) is 0 Å². The van der Waals surface area contributed by atoms with E-state index in [1.54, 1.807) is 0 Å². The van der Waals surface area contributed by atoms with Gasteiger partial charge in [0.1, 0.15) is 5.69 Å². The summed E-state index contributed by atoms with van der Waals surface area (Å²) in [6, 6.07) is 9.92. The van der Waals surface area contributed by atoms with E-state index < -0.39 is 0 Å². The topological polar surface area (TPSA) is 62.1 Å². The fourth-order valence-corrected chi connectivity index (χ4v) is 2.99. The standard InChI is InChI=1S/C19H29N3O/c1-3-5-6-9-15(13-20)14-22(4-2)19(23)18-12-16-10-7-8-11-17(16)21-18/h7-8,10-12,15,21H,3-6,9,13-14,20H2,1-2H3. The van der Waals surface area contributed by atoms with Crippen molar-refractivity contribution in [1.29, 1.82) is 0 Å². The third kappa shape index (κ3) is 4.58. The Bertz CT molecular complexity index is 587. The molecule has 0 bridgehead atoms. The van der Waals surface area contributed by atoms with Crippen LogP contribution in [0.2, 0.25) is 0 Å². The number of nitrogens with zero attached hydrogens (tertiary/aromatic N) is 1. The minimum atomic E-state index is 0.0673. The lowest BCUT2D eigenvalue weighted by molar-refractivity contribution is 0.0731. The van der Waals surface area contributed by atoms with Gasteiger partial charge in [0.15, 0.2) is 0 Å². The molecular formula is C19H29N3O. The first-order chi connectivity index (χ1) is 11.2.